The predicted molar refractivity (Wildman–Crippen MR) is 101 cm³/mol. The molecule has 4 aromatic rings. The van der Waals surface area contributed by atoms with Gasteiger partial charge in [-0.2, -0.15) is 9.67 Å². The van der Waals surface area contributed by atoms with Crippen molar-refractivity contribution >= 4 is 11.9 Å². The smallest absolute Gasteiger partial charge is 0.281 e. The number of nitrogens with zero attached hydrogens (tertiary/aromatic N) is 5. The molecule has 0 radical (unpaired) electrons. The average molecular weight is 356 g/mol. The lowest BCUT2D eigenvalue weighted by atomic mass is 10.2. The number of nitrogens with one attached hydrogen (secondary N) is 1. The van der Waals surface area contributed by atoms with Crippen LogP contribution >= 0.6 is 0 Å². The molecule has 0 spiro atoms. The number of hydrogen-bond donors (Lipinski definition) is 1. The summed E-state index contributed by atoms with van der Waals surface area (Å²) in [5.74, 6) is 0.554. The Morgan fingerprint density at radius 2 is 1.70 bits per heavy atom. The van der Waals surface area contributed by atoms with Crippen molar-refractivity contribution in [1.29, 1.82) is 0 Å². The van der Waals surface area contributed by atoms with Crippen LogP contribution in [0.25, 0.3) is 11.4 Å². The van der Waals surface area contributed by atoms with E-state index in [-0.39, 0.29) is 5.91 Å². The van der Waals surface area contributed by atoms with Crippen molar-refractivity contribution < 1.29 is 4.79 Å². The molecule has 132 valence electrons. The molecule has 0 aliphatic heterocycles. The zero-order valence-electron chi connectivity index (χ0n) is 14.4. The molecular formula is C20H16N6O. The molecule has 0 unspecified atom stereocenters. The van der Waals surface area contributed by atoms with Gasteiger partial charge in [-0.05, 0) is 36.4 Å². The lowest BCUT2D eigenvalue weighted by molar-refractivity contribution is 0.0947. The Morgan fingerprint density at radius 3 is 2.44 bits per heavy atom. The molecule has 0 fully saturated rings. The van der Waals surface area contributed by atoms with E-state index in [9.17, 15) is 4.79 Å². The molecule has 0 amide bonds. The molecule has 0 saturated carbocycles. The van der Waals surface area contributed by atoms with Crippen molar-refractivity contribution in [1.82, 2.24) is 24.7 Å². The Morgan fingerprint density at radius 1 is 0.926 bits per heavy atom. The van der Waals surface area contributed by atoms with E-state index in [2.05, 4.69) is 25.4 Å². The Bertz CT molecular complexity index is 1030. The van der Waals surface area contributed by atoms with Crippen LogP contribution in [0.1, 0.15) is 16.1 Å². The molecule has 0 atom stereocenters. The largest absolute Gasteiger partial charge is 0.348 e. The topological polar surface area (TPSA) is 85.6 Å². The quantitative estimate of drug-likeness (QED) is 0.591. The van der Waals surface area contributed by atoms with Crippen molar-refractivity contribution in [2.75, 3.05) is 5.32 Å². The second-order valence-electron chi connectivity index (χ2n) is 5.75. The fraction of sp³-hybridized carbons (Fsp3) is 0.0500. The minimum absolute atomic E-state index is 0.257. The first-order chi connectivity index (χ1) is 13.3. The second-order valence-corrected chi connectivity index (χ2v) is 5.75. The maximum Gasteiger partial charge on any atom is 0.281 e. The molecular weight excluding hydrogens is 340 g/mol. The van der Waals surface area contributed by atoms with E-state index in [4.69, 9.17) is 0 Å². The number of anilines is 1. The van der Waals surface area contributed by atoms with Gasteiger partial charge in [0.25, 0.3) is 5.91 Å². The van der Waals surface area contributed by atoms with Crippen molar-refractivity contribution in [2.24, 2.45) is 0 Å². The number of carbonyl (C=O) groups is 1. The van der Waals surface area contributed by atoms with Crippen LogP contribution < -0.4 is 5.32 Å². The monoisotopic (exact) mass is 356 g/mol. The molecule has 3 aromatic heterocycles. The number of rotatable bonds is 5. The molecule has 4 rings (SSSR count). The Hall–Kier alpha value is -3.87. The molecule has 1 N–H and O–H groups in total. The van der Waals surface area contributed by atoms with Crippen molar-refractivity contribution in [3.05, 3.63) is 90.5 Å². The third kappa shape index (κ3) is 3.72. The summed E-state index contributed by atoms with van der Waals surface area (Å²) in [6.07, 6.45) is 5.05. The number of carbonyl (C=O) groups excluding carboxylic acids is 1. The van der Waals surface area contributed by atoms with E-state index >= 15 is 0 Å². The van der Waals surface area contributed by atoms with Crippen molar-refractivity contribution in [3.63, 3.8) is 0 Å². The zero-order chi connectivity index (χ0) is 18.5. The number of pyridine rings is 2. The van der Waals surface area contributed by atoms with E-state index in [1.807, 2.05) is 36.4 Å². The molecule has 0 aliphatic rings. The van der Waals surface area contributed by atoms with Gasteiger partial charge in [-0.3, -0.25) is 14.8 Å². The molecule has 0 bridgehead atoms. The zero-order valence-corrected chi connectivity index (χ0v) is 14.4. The number of benzene rings is 1. The highest BCUT2D eigenvalue weighted by atomic mass is 16.2. The summed E-state index contributed by atoms with van der Waals surface area (Å²) >= 11 is 0. The standard InChI is InChI=1S/C20H16N6O/c27-19(16-6-2-1-3-7-16)26-20(23-14-17-8-4-5-11-22-17)24-18(25-26)15-9-12-21-13-10-15/h1-13H,14H2,(H,23,24,25). The molecule has 0 aliphatic carbocycles. The maximum atomic E-state index is 12.9. The summed E-state index contributed by atoms with van der Waals surface area (Å²) < 4.78 is 1.29. The summed E-state index contributed by atoms with van der Waals surface area (Å²) in [5, 5.41) is 7.58. The van der Waals surface area contributed by atoms with E-state index in [1.54, 1.807) is 42.9 Å². The number of aromatic nitrogens is 5. The van der Waals surface area contributed by atoms with Gasteiger partial charge in [-0.1, -0.05) is 24.3 Å². The molecule has 3 heterocycles. The first-order valence-electron chi connectivity index (χ1n) is 8.42. The first kappa shape index (κ1) is 16.6. The average Bonchev–Trinajstić information content (AvgIpc) is 3.18. The minimum Gasteiger partial charge on any atom is -0.348 e. The summed E-state index contributed by atoms with van der Waals surface area (Å²) in [7, 11) is 0. The molecule has 7 heteroatoms. The Labute approximate surface area is 155 Å². The fourth-order valence-electron chi connectivity index (χ4n) is 2.57. The third-order valence-corrected chi connectivity index (χ3v) is 3.91. The van der Waals surface area contributed by atoms with Gasteiger partial charge in [0.2, 0.25) is 5.95 Å². The van der Waals surface area contributed by atoms with Crippen LogP contribution in [0.3, 0.4) is 0 Å². The normalized spacial score (nSPS) is 10.5. The van der Waals surface area contributed by atoms with E-state index in [1.165, 1.54) is 4.68 Å². The van der Waals surface area contributed by atoms with Crippen LogP contribution in [0, 0.1) is 0 Å². The van der Waals surface area contributed by atoms with E-state index in [0.29, 0.717) is 23.9 Å². The van der Waals surface area contributed by atoms with Crippen LogP contribution in [0.2, 0.25) is 0 Å². The molecule has 0 saturated heterocycles. The summed E-state index contributed by atoms with van der Waals surface area (Å²) in [6, 6.07) is 18.3. The van der Waals surface area contributed by atoms with Crippen molar-refractivity contribution in [2.45, 2.75) is 6.54 Å². The van der Waals surface area contributed by atoms with Crippen LogP contribution in [0.4, 0.5) is 5.95 Å². The highest BCUT2D eigenvalue weighted by Gasteiger charge is 2.18. The van der Waals surface area contributed by atoms with Gasteiger partial charge in [0.1, 0.15) is 0 Å². The van der Waals surface area contributed by atoms with Gasteiger partial charge in [-0.15, -0.1) is 5.10 Å². The van der Waals surface area contributed by atoms with Gasteiger partial charge >= 0.3 is 0 Å². The molecule has 1 aromatic carbocycles. The molecule has 27 heavy (non-hydrogen) atoms. The Balaban J connectivity index is 1.69. The van der Waals surface area contributed by atoms with Gasteiger partial charge in [0, 0.05) is 29.7 Å². The third-order valence-electron chi connectivity index (χ3n) is 3.91. The second kappa shape index (κ2) is 7.57. The number of hydrogen-bond acceptors (Lipinski definition) is 6. The summed E-state index contributed by atoms with van der Waals surface area (Å²) in [4.78, 5) is 25.7. The highest BCUT2D eigenvalue weighted by molar-refractivity contribution is 5.97. The van der Waals surface area contributed by atoms with Gasteiger partial charge in [-0.25, -0.2) is 0 Å². The van der Waals surface area contributed by atoms with Crippen LogP contribution in [-0.2, 0) is 6.54 Å². The fourth-order valence-corrected chi connectivity index (χ4v) is 2.57. The maximum absolute atomic E-state index is 12.9. The van der Waals surface area contributed by atoms with Crippen molar-refractivity contribution in [3.8, 4) is 11.4 Å². The van der Waals surface area contributed by atoms with E-state index in [0.717, 1.165) is 11.3 Å². The van der Waals surface area contributed by atoms with Crippen LogP contribution in [0.5, 0.6) is 0 Å². The highest BCUT2D eigenvalue weighted by Crippen LogP contribution is 2.18. The SMILES string of the molecule is O=C(c1ccccc1)n1nc(-c2ccncc2)nc1NCc1ccccn1. The first-order valence-corrected chi connectivity index (χ1v) is 8.42. The summed E-state index contributed by atoms with van der Waals surface area (Å²) in [6.45, 7) is 0.428. The Kier molecular flexibility index (Phi) is 4.65. The predicted octanol–water partition coefficient (Wildman–Crippen LogP) is 3.04. The van der Waals surface area contributed by atoms with Crippen LogP contribution in [0.15, 0.2) is 79.3 Å². The van der Waals surface area contributed by atoms with E-state index < -0.39 is 0 Å². The minimum atomic E-state index is -0.257. The van der Waals surface area contributed by atoms with Gasteiger partial charge in [0.15, 0.2) is 5.82 Å². The lowest BCUT2D eigenvalue weighted by Gasteiger charge is -2.06. The molecule has 7 nitrogen and oxygen atoms in total. The lowest BCUT2D eigenvalue weighted by Crippen LogP contribution is -2.17. The van der Waals surface area contributed by atoms with Gasteiger partial charge < -0.3 is 5.32 Å². The van der Waals surface area contributed by atoms with Gasteiger partial charge in [0.05, 0.1) is 12.2 Å². The van der Waals surface area contributed by atoms with Crippen LogP contribution in [-0.4, -0.2) is 30.6 Å². The summed E-state index contributed by atoms with van der Waals surface area (Å²) in [5.41, 5.74) is 2.15.